The standard InChI is InChI=1S/C16H23F3S3/c1-7-15(3,4)13-10-9-11(22(17,18)19)20-12(10)14(21-13)16(5,6)8-2/h9H,7-8H2,1-6H3. The SMILES string of the molecule is CCC(C)(C)c1sc(C(C)(C)CC)c2sc(S(F)(F)F)cc12. The molecule has 0 spiro atoms. The van der Waals surface area contributed by atoms with E-state index in [0.717, 1.165) is 44.0 Å². The van der Waals surface area contributed by atoms with Crippen molar-refractivity contribution in [1.29, 1.82) is 0 Å². The van der Waals surface area contributed by atoms with E-state index in [1.54, 1.807) is 11.3 Å². The van der Waals surface area contributed by atoms with E-state index < -0.39 is 15.4 Å². The smallest absolute Gasteiger partial charge is 0.142 e. The number of hydrogen-bond donors (Lipinski definition) is 0. The van der Waals surface area contributed by atoms with Crippen LogP contribution in [0.25, 0.3) is 10.1 Å². The summed E-state index contributed by atoms with van der Waals surface area (Å²) in [6.07, 6.45) is 1.83. The molecule has 0 aliphatic heterocycles. The summed E-state index contributed by atoms with van der Waals surface area (Å²) in [5.41, 5.74) is -0.182. The molecule has 0 radical (unpaired) electrons. The van der Waals surface area contributed by atoms with E-state index in [4.69, 9.17) is 0 Å². The quantitative estimate of drug-likeness (QED) is 0.499. The molecule has 126 valence electrons. The maximum Gasteiger partial charge on any atom is 0.247 e. The summed E-state index contributed by atoms with van der Waals surface area (Å²) >= 11 is -2.49. The highest BCUT2D eigenvalue weighted by Crippen LogP contribution is 2.65. The third-order valence-electron chi connectivity index (χ3n) is 4.59. The molecule has 0 aliphatic rings. The van der Waals surface area contributed by atoms with E-state index >= 15 is 0 Å². The van der Waals surface area contributed by atoms with Gasteiger partial charge in [-0.1, -0.05) is 41.5 Å². The largest absolute Gasteiger partial charge is 0.247 e. The van der Waals surface area contributed by atoms with Crippen LogP contribution in [-0.2, 0) is 10.8 Å². The van der Waals surface area contributed by atoms with E-state index in [0.29, 0.717) is 0 Å². The van der Waals surface area contributed by atoms with E-state index in [9.17, 15) is 11.7 Å². The second-order valence-corrected chi connectivity index (χ2v) is 10.5. The molecule has 22 heavy (non-hydrogen) atoms. The third kappa shape index (κ3) is 3.06. The number of thiophene rings is 2. The van der Waals surface area contributed by atoms with Crippen LogP contribution < -0.4 is 0 Å². The first kappa shape index (κ1) is 18.1. The Kier molecular flexibility index (Phi) is 4.71. The summed E-state index contributed by atoms with van der Waals surface area (Å²) in [6, 6.07) is 1.40. The number of rotatable bonds is 5. The van der Waals surface area contributed by atoms with Crippen LogP contribution in [0, 0.1) is 0 Å². The molecule has 0 saturated carbocycles. The molecule has 0 bridgehead atoms. The van der Waals surface area contributed by atoms with Gasteiger partial charge in [0.05, 0.1) is 4.70 Å². The molecule has 6 heteroatoms. The molecular formula is C16H23F3S3. The van der Waals surface area contributed by atoms with E-state index in [1.807, 2.05) is 0 Å². The molecule has 2 aromatic heterocycles. The Hall–Kier alpha value is -0.200. The van der Waals surface area contributed by atoms with Crippen molar-refractivity contribution in [3.63, 3.8) is 0 Å². The van der Waals surface area contributed by atoms with Gasteiger partial charge in [0.25, 0.3) is 0 Å². The van der Waals surface area contributed by atoms with Crippen LogP contribution in [0.2, 0.25) is 0 Å². The lowest BCUT2D eigenvalue weighted by Gasteiger charge is -2.23. The molecule has 0 unspecified atom stereocenters. The van der Waals surface area contributed by atoms with E-state index in [-0.39, 0.29) is 10.8 Å². The van der Waals surface area contributed by atoms with Gasteiger partial charge in [0.2, 0.25) is 11.2 Å². The normalized spacial score (nSPS) is 14.8. The Bertz CT molecular complexity index is 626. The molecule has 0 N–H and O–H groups in total. The van der Waals surface area contributed by atoms with Crippen molar-refractivity contribution in [2.75, 3.05) is 0 Å². The van der Waals surface area contributed by atoms with Crippen LogP contribution in [-0.4, -0.2) is 0 Å². The average molecular weight is 369 g/mol. The van der Waals surface area contributed by atoms with Crippen molar-refractivity contribution in [2.45, 2.75) is 69.4 Å². The first-order valence-corrected chi connectivity index (χ1v) is 10.4. The van der Waals surface area contributed by atoms with Gasteiger partial charge in [0.15, 0.2) is 0 Å². The van der Waals surface area contributed by atoms with Crippen molar-refractivity contribution >= 4 is 43.9 Å². The highest BCUT2D eigenvalue weighted by Gasteiger charge is 2.35. The zero-order valence-corrected chi connectivity index (χ0v) is 16.3. The number of halogens is 3. The Morgan fingerprint density at radius 1 is 0.909 bits per heavy atom. The van der Waals surface area contributed by atoms with Crippen LogP contribution in [0.15, 0.2) is 10.3 Å². The number of hydrogen-bond acceptors (Lipinski definition) is 2. The van der Waals surface area contributed by atoms with Gasteiger partial charge >= 0.3 is 0 Å². The van der Waals surface area contributed by atoms with Gasteiger partial charge in [-0.25, -0.2) is 0 Å². The minimum atomic E-state index is -5.15. The van der Waals surface area contributed by atoms with Crippen molar-refractivity contribution in [3.8, 4) is 0 Å². The molecule has 0 amide bonds. The lowest BCUT2D eigenvalue weighted by molar-refractivity contribution is 0.517. The lowest BCUT2D eigenvalue weighted by Crippen LogP contribution is -2.15. The Labute approximate surface area is 140 Å². The predicted molar refractivity (Wildman–Crippen MR) is 95.5 cm³/mol. The molecule has 0 atom stereocenters. The zero-order valence-electron chi connectivity index (χ0n) is 13.9. The van der Waals surface area contributed by atoms with Crippen molar-refractivity contribution in [3.05, 3.63) is 15.8 Å². The van der Waals surface area contributed by atoms with Gasteiger partial charge in [0.1, 0.15) is 4.21 Å². The second-order valence-electron chi connectivity index (χ2n) is 6.95. The maximum absolute atomic E-state index is 13.2. The fourth-order valence-electron chi connectivity index (χ4n) is 2.29. The van der Waals surface area contributed by atoms with Gasteiger partial charge in [-0.3, -0.25) is 0 Å². The summed E-state index contributed by atoms with van der Waals surface area (Å²) < 4.78 is 40.1. The van der Waals surface area contributed by atoms with Crippen LogP contribution in [0.5, 0.6) is 0 Å². The monoisotopic (exact) mass is 368 g/mol. The van der Waals surface area contributed by atoms with Crippen LogP contribution in [0.1, 0.15) is 64.1 Å². The topological polar surface area (TPSA) is 0 Å². The fourth-order valence-corrected chi connectivity index (χ4v) is 6.02. The van der Waals surface area contributed by atoms with Crippen LogP contribution in [0.4, 0.5) is 11.7 Å². The first-order chi connectivity index (χ1) is 9.94. The molecule has 0 saturated heterocycles. The summed E-state index contributed by atoms with van der Waals surface area (Å²) in [5.74, 6) is 0. The minimum absolute atomic E-state index is 0.0892. The fraction of sp³-hybridized carbons (Fsp3) is 0.625. The minimum Gasteiger partial charge on any atom is -0.142 e. The van der Waals surface area contributed by atoms with Crippen LogP contribution >= 0.6 is 33.9 Å². The lowest BCUT2D eigenvalue weighted by atomic mass is 9.86. The second kappa shape index (κ2) is 5.71. The van der Waals surface area contributed by atoms with Gasteiger partial charge in [-0.15, -0.1) is 34.3 Å². The maximum atomic E-state index is 13.2. The molecule has 2 rings (SSSR count). The van der Waals surface area contributed by atoms with E-state index in [2.05, 4.69) is 41.5 Å². The summed E-state index contributed by atoms with van der Waals surface area (Å²) in [7, 11) is 0. The molecule has 0 nitrogen and oxygen atoms in total. The summed E-state index contributed by atoms with van der Waals surface area (Å²) in [6.45, 7) is 12.7. The molecule has 2 aromatic rings. The zero-order chi connectivity index (χ0) is 16.9. The van der Waals surface area contributed by atoms with Crippen molar-refractivity contribution in [1.82, 2.24) is 0 Å². The predicted octanol–water partition coefficient (Wildman–Crippen LogP) is 8.16. The van der Waals surface area contributed by atoms with Gasteiger partial charge < -0.3 is 0 Å². The molecule has 0 aliphatic carbocycles. The Morgan fingerprint density at radius 3 is 1.86 bits per heavy atom. The van der Waals surface area contributed by atoms with E-state index in [1.165, 1.54) is 6.07 Å². The Balaban J connectivity index is 2.79. The average Bonchev–Trinajstić information content (AvgIpc) is 2.96. The first-order valence-electron chi connectivity index (χ1n) is 7.43. The Morgan fingerprint density at radius 2 is 1.41 bits per heavy atom. The highest BCUT2D eigenvalue weighted by molar-refractivity contribution is 8.22. The molecule has 2 heterocycles. The van der Waals surface area contributed by atoms with Gasteiger partial charge in [-0.05, 0) is 24.3 Å². The highest BCUT2D eigenvalue weighted by atomic mass is 32.3. The summed E-state index contributed by atoms with van der Waals surface area (Å²) in [5, 5.41) is 0.832. The number of fused-ring (bicyclic) bond motifs is 1. The molecular weight excluding hydrogens is 345 g/mol. The van der Waals surface area contributed by atoms with Crippen LogP contribution in [0.3, 0.4) is 0 Å². The van der Waals surface area contributed by atoms with Crippen molar-refractivity contribution in [2.24, 2.45) is 0 Å². The third-order valence-corrected chi connectivity index (χ3v) is 8.99. The van der Waals surface area contributed by atoms with Gasteiger partial charge in [0, 0.05) is 20.6 Å². The molecule has 0 aromatic carbocycles. The molecule has 0 fully saturated rings. The van der Waals surface area contributed by atoms with Gasteiger partial charge in [-0.2, -0.15) is 0 Å². The summed E-state index contributed by atoms with van der Waals surface area (Å²) in [4.78, 5) is 2.22. The van der Waals surface area contributed by atoms with Crippen molar-refractivity contribution < 1.29 is 11.7 Å².